The number of aromatic amines is 1. The fraction of sp³-hybridized carbons (Fsp3) is 0.573. The minimum atomic E-state index is -2.38. The van der Waals surface area contributed by atoms with E-state index in [-0.39, 0.29) is 108 Å². The monoisotopic (exact) mass is 1830 g/mol. The summed E-state index contributed by atoms with van der Waals surface area (Å²) in [7, 11) is 2.53. The number of carbonyl (C=O) groups excluding carboxylic acids is 15. The number of aliphatic hydroxyl groups is 2. The molecule has 6 aliphatic heterocycles. The Morgan fingerprint density at radius 3 is 1.86 bits per heavy atom. The highest BCUT2D eigenvalue weighted by molar-refractivity contribution is 7.92. The van der Waals surface area contributed by atoms with Crippen molar-refractivity contribution in [1.82, 2.24) is 87.2 Å². The van der Waals surface area contributed by atoms with Crippen LogP contribution >= 0.6 is 0 Å². The SMILES string of the molecule is CC(C)C[C@@H]1NC(=O)C2CCCCCCC(NC(=O)[C@H](Cc3cn(CC(=O)O)c4ccccc34)NC(=O)[C@H](CCN)NC(=O)[C@H](Cc3c[nH]c4ccccc34)NC(=O)[C@@H]3C[C@@H](O)CN3C(=O)[C@H](CC(C)C)NC(=O)CNC(=O)[C@H]3CCC4CC[C@@H](NC(=O)[C@@H]5CCCN5C(O)[C@H](Cc5ccc(O)cc5)NC(=O)C[S+]([O-])C[C@@H](C(=O)NCC(N)=O)N(C)C1=O)C(=O)N43)C(=O)N2C. The van der Waals surface area contributed by atoms with Crippen LogP contribution in [0.1, 0.15) is 147 Å². The van der Waals surface area contributed by atoms with E-state index >= 15 is 38.4 Å². The number of carboxylic acid groups (broad SMARTS) is 1. The van der Waals surface area contributed by atoms with Crippen molar-refractivity contribution in [2.75, 3.05) is 58.3 Å². The van der Waals surface area contributed by atoms with Gasteiger partial charge >= 0.3 is 5.97 Å². The fourth-order valence-electron chi connectivity index (χ4n) is 18.6. The molecule has 5 aromatic rings. The molecule has 4 bridgehead atoms. The van der Waals surface area contributed by atoms with Crippen LogP contribution in [0.3, 0.4) is 0 Å². The second-order valence-corrected chi connectivity index (χ2v) is 37.2. The van der Waals surface area contributed by atoms with Crippen molar-refractivity contribution in [2.24, 2.45) is 23.3 Å². The van der Waals surface area contributed by atoms with Gasteiger partial charge in [-0.2, -0.15) is 0 Å². The Hall–Kier alpha value is -11.8. The van der Waals surface area contributed by atoms with Crippen molar-refractivity contribution < 1.29 is 102 Å². The molecule has 0 radical (unpaired) electrons. The average molecular weight is 1830 g/mol. The van der Waals surface area contributed by atoms with Crippen LogP contribution < -0.4 is 64.6 Å². The number of benzene rings is 3. The minimum Gasteiger partial charge on any atom is -0.616 e. The lowest BCUT2D eigenvalue weighted by atomic mass is 9.97. The summed E-state index contributed by atoms with van der Waals surface area (Å²) in [6.07, 6.45) is 2.13. The Morgan fingerprint density at radius 2 is 1.17 bits per heavy atom. The van der Waals surface area contributed by atoms with E-state index in [0.29, 0.717) is 83.4 Å². The molecule has 41 heteroatoms. The highest BCUT2D eigenvalue weighted by Gasteiger charge is 2.50. The first-order valence-electron chi connectivity index (χ1n) is 44.6. The largest absolute Gasteiger partial charge is 0.616 e. The molecule has 3 aromatic carbocycles. The van der Waals surface area contributed by atoms with Crippen molar-refractivity contribution in [3.8, 4) is 5.75 Å². The highest BCUT2D eigenvalue weighted by atomic mass is 32.2. The number of phenolic OH excluding ortho intramolecular Hbond substituents is 1. The van der Waals surface area contributed by atoms with E-state index in [4.69, 9.17) is 11.5 Å². The molecule has 8 heterocycles. The maximum absolute atomic E-state index is 15.5. The molecular weight excluding hydrogens is 1700 g/mol. The van der Waals surface area contributed by atoms with Crippen LogP contribution in [-0.2, 0) is 114 Å². The molecule has 17 atom stereocenters. The van der Waals surface area contributed by atoms with Crippen LogP contribution in [0.4, 0.5) is 0 Å². The number of para-hydroxylation sites is 2. The molecule has 0 spiro atoms. The Kier molecular flexibility index (Phi) is 34.3. The third kappa shape index (κ3) is 25.2. The van der Waals surface area contributed by atoms with Gasteiger partial charge in [0.2, 0.25) is 82.7 Å². The average Bonchev–Trinajstić information content (AvgIpc) is 1.66. The summed E-state index contributed by atoms with van der Waals surface area (Å²) in [5.74, 6) is -16.4. The molecule has 40 nitrogen and oxygen atoms in total. The Morgan fingerprint density at radius 1 is 0.577 bits per heavy atom. The number of piperidine rings is 1. The number of carboxylic acids is 1. The maximum atomic E-state index is 15.5. The fourth-order valence-corrected chi connectivity index (χ4v) is 19.8. The summed E-state index contributed by atoms with van der Waals surface area (Å²) < 4.78 is 16.0. The molecule has 11 rings (SSSR count). The van der Waals surface area contributed by atoms with Gasteiger partial charge in [0.15, 0.2) is 11.8 Å². The summed E-state index contributed by atoms with van der Waals surface area (Å²) in [6.45, 7) is 4.55. The summed E-state index contributed by atoms with van der Waals surface area (Å²) >= 11 is -2.38. The number of nitrogens with one attached hydrogen (secondary N) is 11. The molecule has 6 fully saturated rings. The quantitative estimate of drug-likeness (QED) is 0.0433. The predicted octanol–water partition coefficient (Wildman–Crippen LogP) is -2.35. The molecule has 706 valence electrons. The molecule has 2 aromatic heterocycles. The van der Waals surface area contributed by atoms with E-state index in [0.717, 1.165) is 14.7 Å². The van der Waals surface area contributed by atoms with Crippen LogP contribution in [0.2, 0.25) is 0 Å². The number of amides is 15. The van der Waals surface area contributed by atoms with Crippen LogP contribution in [0.5, 0.6) is 5.75 Å². The van der Waals surface area contributed by atoms with E-state index in [1.807, 2.05) is 0 Å². The number of aliphatic hydroxyl groups excluding tert-OH is 2. The Labute approximate surface area is 755 Å². The summed E-state index contributed by atoms with van der Waals surface area (Å²) in [4.78, 5) is 242. The smallest absolute Gasteiger partial charge is 0.323 e. The highest BCUT2D eigenvalue weighted by Crippen LogP contribution is 2.35. The number of aliphatic carboxylic acids is 1. The van der Waals surface area contributed by atoms with Crippen LogP contribution in [0.15, 0.2) is 85.2 Å². The number of aromatic nitrogens is 2. The van der Waals surface area contributed by atoms with Gasteiger partial charge in [-0.05, 0) is 148 Å². The van der Waals surface area contributed by atoms with Crippen molar-refractivity contribution >= 4 is 128 Å². The Bertz CT molecular complexity index is 4970. The Balaban J connectivity index is 0.927. The van der Waals surface area contributed by atoms with Gasteiger partial charge in [0, 0.05) is 86.7 Å². The van der Waals surface area contributed by atoms with Gasteiger partial charge in [-0.15, -0.1) is 0 Å². The molecule has 15 amide bonds. The zero-order valence-electron chi connectivity index (χ0n) is 74.0. The normalized spacial score (nSPS) is 28.1. The number of phenols is 1. The number of rotatable bonds is 17. The van der Waals surface area contributed by atoms with Gasteiger partial charge in [0.1, 0.15) is 84.7 Å². The number of likely N-dealkylation sites (N-methyl/N-ethyl adjacent to an activating group) is 2. The number of hydrogen-bond donors (Lipinski definition) is 17. The molecule has 5 unspecified atom stereocenters. The summed E-state index contributed by atoms with van der Waals surface area (Å²) in [6, 6.07) is 0.892. The molecule has 0 saturated carbocycles. The lowest BCUT2D eigenvalue weighted by Crippen LogP contribution is -2.62. The molecular formula is C89H123N19O21S. The first kappa shape index (κ1) is 98.8. The van der Waals surface area contributed by atoms with E-state index in [1.165, 1.54) is 58.9 Å². The number of aromatic hydroxyl groups is 1. The van der Waals surface area contributed by atoms with E-state index < -0.39 is 240 Å². The first-order chi connectivity index (χ1) is 61.9. The van der Waals surface area contributed by atoms with Gasteiger partial charge in [-0.3, -0.25) is 81.6 Å². The van der Waals surface area contributed by atoms with Gasteiger partial charge in [-0.25, -0.2) is 0 Å². The van der Waals surface area contributed by atoms with Crippen molar-refractivity contribution in [3.63, 3.8) is 0 Å². The minimum absolute atomic E-state index is 0.00451. The summed E-state index contributed by atoms with van der Waals surface area (Å²) in [5.41, 5.74) is 14.2. The molecule has 6 aliphatic rings. The molecule has 0 aliphatic carbocycles. The van der Waals surface area contributed by atoms with Crippen molar-refractivity contribution in [1.29, 1.82) is 0 Å². The number of hydrogen-bond acceptors (Lipinski definition) is 22. The first-order valence-corrected chi connectivity index (χ1v) is 46.1. The zero-order chi connectivity index (χ0) is 94.1. The third-order valence-corrected chi connectivity index (χ3v) is 26.4. The van der Waals surface area contributed by atoms with Gasteiger partial charge in [-0.1, -0.05) is 102 Å². The number of H-pyrrole nitrogens is 1. The summed E-state index contributed by atoms with van der Waals surface area (Å²) in [5, 5.41) is 72.5. The number of nitrogens with zero attached hydrogens (tertiary/aromatic N) is 6. The second kappa shape index (κ2) is 45.2. The number of fused-ring (bicyclic) bond motifs is 8. The topological polar surface area (TPSA) is 586 Å². The third-order valence-electron chi connectivity index (χ3n) is 25.1. The standard InChI is InChI=1S/C89H123N19O21S/c1-48(2)34-64-86(125)104(6)72(81(120)93-41-73(91)111)46-130(129)47-75(113)96-66(36-50-23-27-54(109)28-24-50)87(126)106-33-15-22-69(106)83(122)99-61-29-25-53-26-30-70(108(53)89(61)128)80(119)94-42-74(112)95-65(35-49(3)4)88(127)107-44-55(110)39-71(107)84(123)101-62(37-51-40-92-58-18-13-11-16-56(51)58)78(117)97-59(31-32-90)77(116)100-63(38-52-43-105(45-76(114)115)67-20-14-12-17-57(52)67)79(118)98-60-19-9-7-8-10-21-68(82(121)102-64)103(5)85(60)124/h11-14,16-18,20,23-24,27-28,40,43,48-49,53,55,59-66,68-72,87,92,109-110,126H,7-10,15,19,21-22,25-26,29-39,41-42,44-47,90H2,1-6H3,(H2,91,111)(H,93,120)(H,94,119)(H,95,112)(H,96,113)(H,97,117)(H,98,118)(H,99,122)(H,100,116)(H,101,123)(H,102,121)(H,114,115)/t53?,55-,59+,60?,61-,62+,63+,64+,65+,66+,68?,69+,70-,71+,72+,87?,130?/m1/s1. The van der Waals surface area contributed by atoms with Crippen molar-refractivity contribution in [3.05, 3.63) is 102 Å². The van der Waals surface area contributed by atoms with E-state index in [2.05, 4.69) is 58.2 Å². The van der Waals surface area contributed by atoms with Gasteiger partial charge in [0.05, 0.1) is 31.3 Å². The molecule has 19 N–H and O–H groups in total. The van der Waals surface area contributed by atoms with Crippen LogP contribution in [-0.4, -0.2) is 309 Å². The number of nitrogens with two attached hydrogens (primary N) is 2. The lowest BCUT2D eigenvalue weighted by molar-refractivity contribution is -0.147. The second-order valence-electron chi connectivity index (χ2n) is 35.7. The van der Waals surface area contributed by atoms with Gasteiger partial charge in [0.25, 0.3) is 5.91 Å². The maximum Gasteiger partial charge on any atom is 0.323 e. The lowest BCUT2D eigenvalue weighted by Gasteiger charge is -2.39. The number of primary amides is 1. The zero-order valence-corrected chi connectivity index (χ0v) is 74.9. The predicted molar refractivity (Wildman–Crippen MR) is 474 cm³/mol. The van der Waals surface area contributed by atoms with Crippen LogP contribution in [0, 0.1) is 11.8 Å². The van der Waals surface area contributed by atoms with Gasteiger partial charge < -0.3 is 119 Å². The molecule has 6 saturated heterocycles. The van der Waals surface area contributed by atoms with E-state index in [1.54, 1.807) is 82.4 Å². The van der Waals surface area contributed by atoms with E-state index in [9.17, 15) is 63.3 Å². The van der Waals surface area contributed by atoms with Crippen LogP contribution in [0.25, 0.3) is 21.8 Å². The van der Waals surface area contributed by atoms with Crippen molar-refractivity contribution in [2.45, 2.75) is 253 Å². The molecule has 130 heavy (non-hydrogen) atoms. The number of carbonyl (C=O) groups is 16.